The van der Waals surface area contributed by atoms with Crippen molar-refractivity contribution in [2.45, 2.75) is 24.9 Å². The molecule has 92 valence electrons. The van der Waals surface area contributed by atoms with E-state index >= 15 is 0 Å². The molecular formula is C11H10F3NO2. The van der Waals surface area contributed by atoms with Gasteiger partial charge in [0.15, 0.2) is 0 Å². The molecule has 1 unspecified atom stereocenters. The number of nitrogens with zero attached hydrogens (tertiary/aromatic N) is 1. The van der Waals surface area contributed by atoms with Gasteiger partial charge in [0.25, 0.3) is 0 Å². The molecule has 0 amide bonds. The quantitative estimate of drug-likeness (QED) is 0.890. The lowest BCUT2D eigenvalue weighted by Crippen LogP contribution is -2.16. The minimum absolute atomic E-state index is 0.0454. The van der Waals surface area contributed by atoms with Gasteiger partial charge in [-0.2, -0.15) is 13.2 Å². The van der Waals surface area contributed by atoms with Crippen molar-refractivity contribution < 1.29 is 23.1 Å². The molecule has 0 aliphatic heterocycles. The van der Waals surface area contributed by atoms with Crippen LogP contribution in [0.2, 0.25) is 0 Å². The molecule has 3 nitrogen and oxygen atoms in total. The fourth-order valence-electron chi connectivity index (χ4n) is 1.84. The average Bonchev–Trinajstić information content (AvgIpc) is 3.01. The van der Waals surface area contributed by atoms with E-state index in [1.165, 1.54) is 6.07 Å². The topological polar surface area (TPSA) is 50.2 Å². The van der Waals surface area contributed by atoms with Gasteiger partial charge in [0, 0.05) is 6.20 Å². The summed E-state index contributed by atoms with van der Waals surface area (Å²) in [7, 11) is 0. The second kappa shape index (κ2) is 4.01. The highest BCUT2D eigenvalue weighted by Gasteiger charge is 2.39. The summed E-state index contributed by atoms with van der Waals surface area (Å²) in [6, 6.07) is 2.17. The summed E-state index contributed by atoms with van der Waals surface area (Å²) >= 11 is 0. The first kappa shape index (κ1) is 11.9. The Hall–Kier alpha value is -1.59. The van der Waals surface area contributed by atoms with Crippen LogP contribution < -0.4 is 0 Å². The maximum atomic E-state index is 12.4. The van der Waals surface area contributed by atoms with Gasteiger partial charge >= 0.3 is 12.1 Å². The summed E-state index contributed by atoms with van der Waals surface area (Å²) in [5.41, 5.74) is -0.857. The summed E-state index contributed by atoms with van der Waals surface area (Å²) in [6.45, 7) is 0. The first-order valence-electron chi connectivity index (χ1n) is 5.15. The molecule has 17 heavy (non-hydrogen) atoms. The van der Waals surface area contributed by atoms with Crippen LogP contribution in [0.25, 0.3) is 0 Å². The summed E-state index contributed by atoms with van der Waals surface area (Å²) < 4.78 is 37.3. The summed E-state index contributed by atoms with van der Waals surface area (Å²) in [5, 5.41) is 9.03. The van der Waals surface area contributed by atoms with E-state index in [4.69, 9.17) is 5.11 Å². The van der Waals surface area contributed by atoms with Gasteiger partial charge in [-0.1, -0.05) is 0 Å². The summed E-state index contributed by atoms with van der Waals surface area (Å²) in [5.74, 6) is -1.97. The Morgan fingerprint density at radius 2 is 2.12 bits per heavy atom. The SMILES string of the molecule is O=C(O)C(c1ccnc(C(F)(F)F)c1)C1CC1. The second-order valence-corrected chi connectivity index (χ2v) is 4.13. The molecule has 1 aliphatic carbocycles. The maximum Gasteiger partial charge on any atom is 0.433 e. The van der Waals surface area contributed by atoms with Crippen LogP contribution in [0.5, 0.6) is 0 Å². The van der Waals surface area contributed by atoms with Crippen molar-refractivity contribution in [3.8, 4) is 0 Å². The zero-order chi connectivity index (χ0) is 12.6. The van der Waals surface area contributed by atoms with Gasteiger partial charge in [-0.05, 0) is 36.5 Å². The minimum atomic E-state index is -4.54. The van der Waals surface area contributed by atoms with Crippen molar-refractivity contribution in [2.24, 2.45) is 5.92 Å². The molecule has 0 saturated heterocycles. The van der Waals surface area contributed by atoms with E-state index in [1.54, 1.807) is 0 Å². The highest BCUT2D eigenvalue weighted by molar-refractivity contribution is 5.77. The van der Waals surface area contributed by atoms with Crippen molar-refractivity contribution in [1.29, 1.82) is 0 Å². The molecule has 1 aliphatic rings. The maximum absolute atomic E-state index is 12.4. The zero-order valence-electron chi connectivity index (χ0n) is 8.74. The Bertz CT molecular complexity index is 441. The highest BCUT2D eigenvalue weighted by Crippen LogP contribution is 2.43. The third-order valence-electron chi connectivity index (χ3n) is 2.79. The van der Waals surface area contributed by atoms with Gasteiger partial charge in [0.05, 0.1) is 5.92 Å². The molecule has 1 aromatic heterocycles. The summed E-state index contributed by atoms with van der Waals surface area (Å²) in [4.78, 5) is 14.3. The van der Waals surface area contributed by atoms with Crippen LogP contribution in [0.3, 0.4) is 0 Å². The van der Waals surface area contributed by atoms with Crippen LogP contribution in [0, 0.1) is 5.92 Å². The number of aromatic nitrogens is 1. The van der Waals surface area contributed by atoms with Crippen molar-refractivity contribution >= 4 is 5.97 Å². The van der Waals surface area contributed by atoms with Crippen LogP contribution in [-0.4, -0.2) is 16.1 Å². The molecule has 6 heteroatoms. The Morgan fingerprint density at radius 3 is 2.59 bits per heavy atom. The van der Waals surface area contributed by atoms with Crippen LogP contribution in [-0.2, 0) is 11.0 Å². The lowest BCUT2D eigenvalue weighted by Gasteiger charge is -2.13. The van der Waals surface area contributed by atoms with Crippen molar-refractivity contribution in [1.82, 2.24) is 4.98 Å². The number of carboxylic acid groups (broad SMARTS) is 1. The van der Waals surface area contributed by atoms with Crippen LogP contribution in [0.1, 0.15) is 30.0 Å². The smallest absolute Gasteiger partial charge is 0.433 e. The molecule has 2 rings (SSSR count). The molecule has 1 heterocycles. The van der Waals surface area contributed by atoms with E-state index in [0.717, 1.165) is 25.1 Å². The second-order valence-electron chi connectivity index (χ2n) is 4.13. The lowest BCUT2D eigenvalue weighted by molar-refractivity contribution is -0.142. The molecule has 0 bridgehead atoms. The van der Waals surface area contributed by atoms with Crippen molar-refractivity contribution in [3.63, 3.8) is 0 Å². The van der Waals surface area contributed by atoms with Crippen LogP contribution in [0.4, 0.5) is 13.2 Å². The molecule has 1 saturated carbocycles. The molecule has 1 atom stereocenters. The fourth-order valence-corrected chi connectivity index (χ4v) is 1.84. The molecule has 0 radical (unpaired) electrons. The number of aliphatic carboxylic acids is 1. The molecule has 0 aromatic carbocycles. The van der Waals surface area contributed by atoms with Crippen molar-refractivity contribution in [3.05, 3.63) is 29.6 Å². The Morgan fingerprint density at radius 1 is 1.47 bits per heavy atom. The number of hydrogen-bond donors (Lipinski definition) is 1. The highest BCUT2D eigenvalue weighted by atomic mass is 19.4. The van der Waals surface area contributed by atoms with Crippen LogP contribution >= 0.6 is 0 Å². The van der Waals surface area contributed by atoms with Gasteiger partial charge in [-0.3, -0.25) is 9.78 Å². The number of alkyl halides is 3. The molecule has 1 fully saturated rings. The first-order valence-corrected chi connectivity index (χ1v) is 5.15. The predicted molar refractivity (Wildman–Crippen MR) is 52.3 cm³/mol. The van der Waals surface area contributed by atoms with Gasteiger partial charge in [0.1, 0.15) is 5.69 Å². The number of carboxylic acids is 1. The summed E-state index contributed by atoms with van der Waals surface area (Å²) in [6.07, 6.45) is -2.03. The van der Waals surface area contributed by atoms with E-state index in [1.807, 2.05) is 0 Å². The zero-order valence-corrected chi connectivity index (χ0v) is 8.74. The van der Waals surface area contributed by atoms with Crippen molar-refractivity contribution in [2.75, 3.05) is 0 Å². The number of halogens is 3. The van der Waals surface area contributed by atoms with E-state index in [2.05, 4.69) is 4.98 Å². The molecular weight excluding hydrogens is 235 g/mol. The normalized spacial score (nSPS) is 17.8. The lowest BCUT2D eigenvalue weighted by atomic mass is 9.94. The number of rotatable bonds is 3. The van der Waals surface area contributed by atoms with Crippen LogP contribution in [0.15, 0.2) is 18.3 Å². The Labute approximate surface area is 95.3 Å². The fraction of sp³-hybridized carbons (Fsp3) is 0.455. The monoisotopic (exact) mass is 245 g/mol. The molecule has 0 spiro atoms. The molecule has 1 N–H and O–H groups in total. The van der Waals surface area contributed by atoms with Gasteiger partial charge in [-0.25, -0.2) is 0 Å². The third-order valence-corrected chi connectivity index (χ3v) is 2.79. The van der Waals surface area contributed by atoms with E-state index in [0.29, 0.717) is 0 Å². The third kappa shape index (κ3) is 2.57. The van der Waals surface area contributed by atoms with E-state index < -0.39 is 23.8 Å². The largest absolute Gasteiger partial charge is 0.481 e. The predicted octanol–water partition coefficient (Wildman–Crippen LogP) is 2.68. The number of pyridine rings is 1. The van der Waals surface area contributed by atoms with E-state index in [9.17, 15) is 18.0 Å². The Kier molecular flexibility index (Phi) is 2.81. The standard InChI is InChI=1S/C11H10F3NO2/c12-11(13,14)8-5-7(3-4-15-8)9(10(16)17)6-1-2-6/h3-6,9H,1-2H2,(H,16,17). The Balaban J connectivity index is 2.34. The average molecular weight is 245 g/mol. The van der Waals surface area contributed by atoms with Gasteiger partial charge in [-0.15, -0.1) is 0 Å². The molecule has 1 aromatic rings. The van der Waals surface area contributed by atoms with Gasteiger partial charge in [0.2, 0.25) is 0 Å². The first-order chi connectivity index (χ1) is 7.89. The number of carbonyl (C=O) groups is 1. The number of hydrogen-bond acceptors (Lipinski definition) is 2. The van der Waals surface area contributed by atoms with Gasteiger partial charge < -0.3 is 5.11 Å². The van der Waals surface area contributed by atoms with E-state index in [-0.39, 0.29) is 11.5 Å². The minimum Gasteiger partial charge on any atom is -0.481 e.